The van der Waals surface area contributed by atoms with Crippen LogP contribution < -0.4 is 0 Å². The van der Waals surface area contributed by atoms with E-state index in [1.807, 2.05) is 0 Å². The Kier molecular flexibility index (Phi) is 4.49. The Morgan fingerprint density at radius 1 is 1.25 bits per heavy atom. The lowest BCUT2D eigenvalue weighted by molar-refractivity contribution is 0.0706. The zero-order valence-corrected chi connectivity index (χ0v) is 15.7. The molecule has 1 amide bonds. The number of phenols is 2. The Labute approximate surface area is 165 Å². The smallest absolute Gasteiger partial charge is 0.273 e. The van der Waals surface area contributed by atoms with Gasteiger partial charge in [0.2, 0.25) is 0 Å². The molecule has 1 aromatic heterocycles. The van der Waals surface area contributed by atoms with Crippen LogP contribution in [0.25, 0.3) is 11.3 Å². The normalized spacial score (nSPS) is 15.9. The molecule has 144 valence electrons. The summed E-state index contributed by atoms with van der Waals surface area (Å²) in [5, 5.41) is 37.3. The first kappa shape index (κ1) is 18.3. The number of halogens is 1. The van der Waals surface area contributed by atoms with E-state index in [-0.39, 0.29) is 36.3 Å². The zero-order valence-electron chi connectivity index (χ0n) is 15.0. The fraction of sp³-hybridized carbons (Fsp3) is 0.200. The standard InChI is InChI=1S/C20H18ClN3O4/c1-10-7-15(27)13(9-14(10)21)17-16-18(23-22-17)20(28)24(5-6-25)19(16)11-3-2-4-12(26)8-11/h2-4,7-9,19,25-27H,5-6H2,1H3,(H,22,23)/t19-/m0/s1. The molecule has 2 aromatic carbocycles. The van der Waals surface area contributed by atoms with Gasteiger partial charge in [0.1, 0.15) is 22.9 Å². The first-order chi connectivity index (χ1) is 13.4. The molecule has 0 fully saturated rings. The first-order valence-electron chi connectivity index (χ1n) is 8.71. The molecular weight excluding hydrogens is 382 g/mol. The quantitative estimate of drug-likeness (QED) is 0.539. The predicted molar refractivity (Wildman–Crippen MR) is 104 cm³/mol. The number of H-pyrrole nitrogens is 1. The lowest BCUT2D eigenvalue weighted by atomic mass is 9.95. The summed E-state index contributed by atoms with van der Waals surface area (Å²) in [4.78, 5) is 14.4. The number of aliphatic hydroxyl groups is 1. The molecule has 3 aromatic rings. The summed E-state index contributed by atoms with van der Waals surface area (Å²) >= 11 is 6.24. The average Bonchev–Trinajstić information content (AvgIpc) is 3.18. The Hall–Kier alpha value is -3.03. The maximum atomic E-state index is 12.9. The number of hydrogen-bond acceptors (Lipinski definition) is 5. The van der Waals surface area contributed by atoms with Crippen molar-refractivity contribution in [1.29, 1.82) is 0 Å². The number of carbonyl (C=O) groups is 1. The van der Waals surface area contributed by atoms with Crippen molar-refractivity contribution in [2.45, 2.75) is 13.0 Å². The number of fused-ring (bicyclic) bond motifs is 1. The molecule has 0 saturated heterocycles. The highest BCUT2D eigenvalue weighted by Gasteiger charge is 2.42. The van der Waals surface area contributed by atoms with Crippen molar-refractivity contribution in [3.63, 3.8) is 0 Å². The van der Waals surface area contributed by atoms with Crippen molar-refractivity contribution < 1.29 is 20.1 Å². The van der Waals surface area contributed by atoms with Crippen LogP contribution in [0.5, 0.6) is 11.5 Å². The molecule has 0 spiro atoms. The Bertz CT molecular complexity index is 1080. The van der Waals surface area contributed by atoms with Crippen molar-refractivity contribution in [3.8, 4) is 22.8 Å². The second-order valence-electron chi connectivity index (χ2n) is 6.70. The van der Waals surface area contributed by atoms with Crippen LogP contribution in [0.2, 0.25) is 5.02 Å². The van der Waals surface area contributed by atoms with E-state index < -0.39 is 6.04 Å². The number of benzene rings is 2. The highest BCUT2D eigenvalue weighted by molar-refractivity contribution is 6.31. The number of nitrogens with zero attached hydrogens (tertiary/aromatic N) is 2. The van der Waals surface area contributed by atoms with Crippen LogP contribution in [0, 0.1) is 6.92 Å². The summed E-state index contributed by atoms with van der Waals surface area (Å²) in [6.07, 6.45) is 0. The first-order valence-corrected chi connectivity index (χ1v) is 9.08. The predicted octanol–water partition coefficient (Wildman–Crippen LogP) is 2.99. The molecule has 2 heterocycles. The summed E-state index contributed by atoms with van der Waals surface area (Å²) < 4.78 is 0. The van der Waals surface area contributed by atoms with E-state index in [9.17, 15) is 20.1 Å². The van der Waals surface area contributed by atoms with Gasteiger partial charge in [-0.25, -0.2) is 0 Å². The highest BCUT2D eigenvalue weighted by atomic mass is 35.5. The third-order valence-electron chi connectivity index (χ3n) is 4.92. The molecule has 1 atom stereocenters. The van der Waals surface area contributed by atoms with E-state index in [1.54, 1.807) is 43.3 Å². The van der Waals surface area contributed by atoms with Crippen LogP contribution >= 0.6 is 11.6 Å². The highest BCUT2D eigenvalue weighted by Crippen LogP contribution is 2.45. The van der Waals surface area contributed by atoms with Crippen molar-refractivity contribution in [2.75, 3.05) is 13.2 Å². The molecule has 0 bridgehead atoms. The number of aromatic amines is 1. The lowest BCUT2D eigenvalue weighted by Crippen LogP contribution is -2.32. The van der Waals surface area contributed by atoms with Crippen LogP contribution in [0.3, 0.4) is 0 Å². The van der Waals surface area contributed by atoms with Gasteiger partial charge in [-0.05, 0) is 42.3 Å². The molecule has 1 aliphatic heterocycles. The maximum Gasteiger partial charge on any atom is 0.273 e. The molecule has 1 aliphatic rings. The van der Waals surface area contributed by atoms with E-state index in [2.05, 4.69) is 10.2 Å². The van der Waals surface area contributed by atoms with Gasteiger partial charge >= 0.3 is 0 Å². The molecule has 7 nitrogen and oxygen atoms in total. The second kappa shape index (κ2) is 6.85. The van der Waals surface area contributed by atoms with E-state index >= 15 is 0 Å². The summed E-state index contributed by atoms with van der Waals surface area (Å²) in [6, 6.07) is 9.16. The monoisotopic (exact) mass is 399 g/mol. The topological polar surface area (TPSA) is 110 Å². The van der Waals surface area contributed by atoms with Crippen LogP contribution in [-0.2, 0) is 0 Å². The fourth-order valence-electron chi connectivity index (χ4n) is 3.64. The van der Waals surface area contributed by atoms with Crippen LogP contribution in [0.4, 0.5) is 0 Å². The molecule has 4 rings (SSSR count). The number of aromatic hydroxyl groups is 2. The Morgan fingerprint density at radius 2 is 2.04 bits per heavy atom. The van der Waals surface area contributed by atoms with Crippen molar-refractivity contribution in [2.24, 2.45) is 0 Å². The van der Waals surface area contributed by atoms with E-state index in [0.717, 1.165) is 5.56 Å². The number of aryl methyl sites for hydroxylation is 1. The Balaban J connectivity index is 1.94. The van der Waals surface area contributed by atoms with Crippen molar-refractivity contribution >= 4 is 17.5 Å². The van der Waals surface area contributed by atoms with Crippen molar-refractivity contribution in [1.82, 2.24) is 15.1 Å². The van der Waals surface area contributed by atoms with E-state index in [0.29, 0.717) is 27.4 Å². The zero-order chi connectivity index (χ0) is 20.0. The molecule has 0 radical (unpaired) electrons. The van der Waals surface area contributed by atoms with Crippen molar-refractivity contribution in [3.05, 3.63) is 63.8 Å². The number of rotatable bonds is 4. The van der Waals surface area contributed by atoms with Crippen LogP contribution in [0.15, 0.2) is 36.4 Å². The number of hydrogen-bond donors (Lipinski definition) is 4. The number of aliphatic hydroxyl groups excluding tert-OH is 1. The van der Waals surface area contributed by atoms with Gasteiger partial charge in [0.05, 0.1) is 12.6 Å². The van der Waals surface area contributed by atoms with Crippen LogP contribution in [0.1, 0.15) is 33.2 Å². The van der Waals surface area contributed by atoms with Gasteiger partial charge in [0.15, 0.2) is 0 Å². The Morgan fingerprint density at radius 3 is 2.75 bits per heavy atom. The molecule has 8 heteroatoms. The van der Waals surface area contributed by atoms with E-state index in [1.165, 1.54) is 4.90 Å². The molecule has 0 unspecified atom stereocenters. The summed E-state index contributed by atoms with van der Waals surface area (Å²) in [5.74, 6) is -0.249. The van der Waals surface area contributed by atoms with Gasteiger partial charge < -0.3 is 20.2 Å². The van der Waals surface area contributed by atoms with E-state index in [4.69, 9.17) is 11.6 Å². The minimum atomic E-state index is -0.574. The average molecular weight is 400 g/mol. The van der Waals surface area contributed by atoms with Gasteiger partial charge in [-0.3, -0.25) is 9.89 Å². The fourth-order valence-corrected chi connectivity index (χ4v) is 3.80. The molecule has 0 aliphatic carbocycles. The number of aromatic nitrogens is 2. The van der Waals surface area contributed by atoms with Gasteiger partial charge in [0.25, 0.3) is 5.91 Å². The van der Waals surface area contributed by atoms with Gasteiger partial charge in [-0.1, -0.05) is 23.7 Å². The molecular formula is C20H18ClN3O4. The number of carbonyl (C=O) groups excluding carboxylic acids is 1. The van der Waals surface area contributed by atoms with Gasteiger partial charge in [0, 0.05) is 22.7 Å². The summed E-state index contributed by atoms with van der Waals surface area (Å²) in [6.45, 7) is 1.68. The third-order valence-corrected chi connectivity index (χ3v) is 5.33. The van der Waals surface area contributed by atoms with Gasteiger partial charge in [-0.15, -0.1) is 0 Å². The summed E-state index contributed by atoms with van der Waals surface area (Å²) in [5.41, 5.74) is 3.04. The van der Waals surface area contributed by atoms with Gasteiger partial charge in [-0.2, -0.15) is 5.10 Å². The minimum absolute atomic E-state index is 0.00100. The maximum absolute atomic E-state index is 12.9. The molecule has 4 N–H and O–H groups in total. The van der Waals surface area contributed by atoms with Crippen LogP contribution in [-0.4, -0.2) is 49.5 Å². The summed E-state index contributed by atoms with van der Waals surface area (Å²) in [7, 11) is 0. The molecule has 28 heavy (non-hydrogen) atoms. The SMILES string of the molecule is Cc1cc(O)c(-c2n[nH]c3c2[C@H](c2cccc(O)c2)N(CCO)C3=O)cc1Cl. The minimum Gasteiger partial charge on any atom is -0.508 e. The number of phenolic OH excluding ortho intramolecular Hbond substituents is 2. The number of amides is 1. The molecule has 0 saturated carbocycles. The number of β-amino-alcohol motifs (C(OH)–C–C–N with tert-alkyl or cyclic N) is 1. The second-order valence-corrected chi connectivity index (χ2v) is 7.11. The largest absolute Gasteiger partial charge is 0.508 e. The number of nitrogens with one attached hydrogen (secondary N) is 1. The lowest BCUT2D eigenvalue weighted by Gasteiger charge is -2.25. The third kappa shape index (κ3) is 2.80.